The predicted molar refractivity (Wildman–Crippen MR) is 230 cm³/mol. The molecule has 0 aliphatic rings. The van der Waals surface area contributed by atoms with Crippen molar-refractivity contribution in [1.82, 2.24) is 24.1 Å². The molecule has 0 spiro atoms. The Kier molecular flexibility index (Phi) is 6.29. The average molecular weight is 721 g/mol. The molecule has 262 valence electrons. The van der Waals surface area contributed by atoms with Crippen molar-refractivity contribution in [3.05, 3.63) is 200 Å². The van der Waals surface area contributed by atoms with Gasteiger partial charge in [-0.3, -0.25) is 4.57 Å². The quantitative estimate of drug-likeness (QED) is 0.172. The van der Waals surface area contributed by atoms with Gasteiger partial charge >= 0.3 is 0 Å². The normalized spacial score (nSPS) is 12.8. The standard InChI is InChI=1S/C51H33N5/c1-5-17-34(18-6-1)39-30-29-38(33-44(39)35-19-7-2-8-20-35)55-45-27-15-13-25-40(45)42-31-32-43-41-26-14-16-28-46(41)56(48(43)47(42)55)51-53-49(36-21-9-3-10-22-36)52-50(54-51)37-23-11-4-12-24-37/h1-33H/i2D,7D,8D,19D,20D. The van der Waals surface area contributed by atoms with Gasteiger partial charge in [-0.1, -0.05) is 176 Å². The lowest BCUT2D eigenvalue weighted by molar-refractivity contribution is 0.953. The summed E-state index contributed by atoms with van der Waals surface area (Å²) in [6.07, 6.45) is 0. The molecule has 0 aliphatic carbocycles. The van der Waals surface area contributed by atoms with Gasteiger partial charge in [0.2, 0.25) is 5.95 Å². The smallest absolute Gasteiger partial charge is 0.238 e. The van der Waals surface area contributed by atoms with Crippen LogP contribution < -0.4 is 0 Å². The van der Waals surface area contributed by atoms with Gasteiger partial charge in [0, 0.05) is 38.4 Å². The van der Waals surface area contributed by atoms with Crippen molar-refractivity contribution >= 4 is 43.6 Å². The minimum Gasteiger partial charge on any atom is -0.307 e. The molecule has 0 unspecified atom stereocenters. The van der Waals surface area contributed by atoms with Gasteiger partial charge in [-0.15, -0.1) is 0 Å². The summed E-state index contributed by atoms with van der Waals surface area (Å²) in [7, 11) is 0. The number of benzene rings is 8. The maximum Gasteiger partial charge on any atom is 0.238 e. The first-order valence-electron chi connectivity index (χ1n) is 21.0. The van der Waals surface area contributed by atoms with Gasteiger partial charge in [0.25, 0.3) is 0 Å². The van der Waals surface area contributed by atoms with E-state index in [4.69, 9.17) is 21.8 Å². The van der Waals surface area contributed by atoms with E-state index in [0.29, 0.717) is 23.2 Å². The van der Waals surface area contributed by atoms with Crippen LogP contribution in [0.5, 0.6) is 0 Å². The Morgan fingerprint density at radius 1 is 0.375 bits per heavy atom. The SMILES string of the molecule is [2H]c1c([2H])c([2H])c(-c2cc(-n3c4ccccc4c4ccc5c6ccccc6n(-c6nc(-c7ccccc7)nc(-c7ccccc7)n6)c5c43)ccc2-c2ccccc2)c([2H])c1[2H]. The second kappa shape index (κ2) is 13.0. The summed E-state index contributed by atoms with van der Waals surface area (Å²) in [6.45, 7) is 0. The maximum absolute atomic E-state index is 9.09. The van der Waals surface area contributed by atoms with Gasteiger partial charge in [-0.25, -0.2) is 4.98 Å². The molecule has 11 aromatic rings. The summed E-state index contributed by atoms with van der Waals surface area (Å²) in [5.74, 6) is 1.55. The first-order chi connectivity index (χ1) is 29.9. The van der Waals surface area contributed by atoms with E-state index in [-0.39, 0.29) is 29.7 Å². The molecule has 3 heterocycles. The van der Waals surface area contributed by atoms with Gasteiger partial charge in [0.1, 0.15) is 0 Å². The third kappa shape index (κ3) is 5.13. The maximum atomic E-state index is 9.09. The van der Waals surface area contributed by atoms with E-state index in [1.54, 1.807) is 0 Å². The molecule has 0 saturated carbocycles. The van der Waals surface area contributed by atoms with Crippen molar-refractivity contribution in [2.45, 2.75) is 0 Å². The van der Waals surface area contributed by atoms with Crippen molar-refractivity contribution in [2.75, 3.05) is 0 Å². The van der Waals surface area contributed by atoms with Crippen LogP contribution in [0.3, 0.4) is 0 Å². The van der Waals surface area contributed by atoms with Crippen molar-refractivity contribution in [2.24, 2.45) is 0 Å². The Balaban J connectivity index is 1.28. The monoisotopic (exact) mass is 720 g/mol. The highest BCUT2D eigenvalue weighted by Crippen LogP contribution is 2.43. The zero-order valence-electron chi connectivity index (χ0n) is 34.9. The number of para-hydroxylation sites is 2. The van der Waals surface area contributed by atoms with Crippen LogP contribution in [0.4, 0.5) is 0 Å². The minimum atomic E-state index is -0.432. The van der Waals surface area contributed by atoms with Crippen LogP contribution in [0.2, 0.25) is 0 Å². The molecule has 0 saturated heterocycles. The molecule has 56 heavy (non-hydrogen) atoms. The van der Waals surface area contributed by atoms with Crippen LogP contribution in [0.15, 0.2) is 200 Å². The molecule has 3 aromatic heterocycles. The van der Waals surface area contributed by atoms with Crippen LogP contribution in [0.25, 0.3) is 100 Å². The molecular formula is C51H33N5. The fraction of sp³-hybridized carbons (Fsp3) is 0. The number of rotatable bonds is 6. The lowest BCUT2D eigenvalue weighted by Crippen LogP contribution is -2.07. The topological polar surface area (TPSA) is 48.5 Å². The van der Waals surface area contributed by atoms with Crippen LogP contribution in [0.1, 0.15) is 6.85 Å². The Hall–Kier alpha value is -7.63. The third-order valence-corrected chi connectivity index (χ3v) is 10.5. The first kappa shape index (κ1) is 27.0. The zero-order valence-corrected chi connectivity index (χ0v) is 29.9. The molecule has 0 amide bonds. The van der Waals surface area contributed by atoms with E-state index in [1.165, 1.54) is 0 Å². The number of fused-ring (bicyclic) bond motifs is 7. The van der Waals surface area contributed by atoms with Crippen molar-refractivity contribution in [3.8, 4) is 56.7 Å². The summed E-state index contributed by atoms with van der Waals surface area (Å²) in [4.78, 5) is 15.4. The van der Waals surface area contributed by atoms with E-state index >= 15 is 0 Å². The molecule has 0 aliphatic heterocycles. The average Bonchev–Trinajstić information content (AvgIpc) is 3.84. The van der Waals surface area contributed by atoms with Crippen LogP contribution in [0, 0.1) is 0 Å². The highest BCUT2D eigenvalue weighted by Gasteiger charge is 2.24. The van der Waals surface area contributed by atoms with Crippen molar-refractivity contribution in [1.29, 1.82) is 0 Å². The molecule has 11 rings (SSSR count). The minimum absolute atomic E-state index is 0.138. The lowest BCUT2D eigenvalue weighted by Gasteiger charge is -2.16. The molecule has 0 fully saturated rings. The molecular weight excluding hydrogens is 683 g/mol. The fourth-order valence-electron chi connectivity index (χ4n) is 8.01. The summed E-state index contributed by atoms with van der Waals surface area (Å²) in [6, 6.07) is 54.7. The van der Waals surface area contributed by atoms with Crippen LogP contribution in [-0.4, -0.2) is 24.1 Å². The molecule has 5 nitrogen and oxygen atoms in total. The first-order valence-corrected chi connectivity index (χ1v) is 18.5. The fourth-order valence-corrected chi connectivity index (χ4v) is 8.01. The Labute approximate surface area is 330 Å². The van der Waals surface area contributed by atoms with Crippen molar-refractivity contribution < 1.29 is 6.85 Å². The summed E-state index contributed by atoms with van der Waals surface area (Å²) < 4.78 is 48.2. The van der Waals surface area contributed by atoms with E-state index in [1.807, 2.05) is 133 Å². The summed E-state index contributed by atoms with van der Waals surface area (Å²) in [5.41, 5.74) is 8.39. The van der Waals surface area contributed by atoms with E-state index in [0.717, 1.165) is 71.6 Å². The second-order valence-corrected chi connectivity index (χ2v) is 13.7. The van der Waals surface area contributed by atoms with E-state index in [9.17, 15) is 0 Å². The van der Waals surface area contributed by atoms with Gasteiger partial charge in [0.05, 0.1) is 28.9 Å². The molecule has 8 aromatic carbocycles. The molecule has 0 N–H and O–H groups in total. The van der Waals surface area contributed by atoms with Gasteiger partial charge in [-0.2, -0.15) is 9.97 Å². The highest BCUT2D eigenvalue weighted by atomic mass is 15.2. The van der Waals surface area contributed by atoms with Crippen LogP contribution in [-0.2, 0) is 0 Å². The number of aromatic nitrogens is 5. The van der Waals surface area contributed by atoms with Gasteiger partial charge < -0.3 is 4.57 Å². The number of hydrogen-bond donors (Lipinski definition) is 0. The third-order valence-electron chi connectivity index (χ3n) is 10.5. The van der Waals surface area contributed by atoms with Gasteiger partial charge in [0.15, 0.2) is 11.6 Å². The Morgan fingerprint density at radius 2 is 0.875 bits per heavy atom. The summed E-state index contributed by atoms with van der Waals surface area (Å²) >= 11 is 0. The molecule has 0 atom stereocenters. The summed E-state index contributed by atoms with van der Waals surface area (Å²) in [5, 5.41) is 4.06. The Morgan fingerprint density at radius 3 is 1.46 bits per heavy atom. The van der Waals surface area contributed by atoms with Crippen LogP contribution >= 0.6 is 0 Å². The van der Waals surface area contributed by atoms with E-state index in [2.05, 4.69) is 45.5 Å². The Bertz CT molecular complexity index is 3440. The zero-order chi connectivity index (χ0) is 41.4. The highest BCUT2D eigenvalue weighted by molar-refractivity contribution is 6.23. The lowest BCUT2D eigenvalue weighted by atomic mass is 9.94. The van der Waals surface area contributed by atoms with Crippen molar-refractivity contribution in [3.63, 3.8) is 0 Å². The van der Waals surface area contributed by atoms with Gasteiger partial charge in [-0.05, 0) is 46.5 Å². The molecule has 0 radical (unpaired) electrons. The number of nitrogens with zero attached hydrogens (tertiary/aromatic N) is 5. The largest absolute Gasteiger partial charge is 0.307 e. The molecule has 5 heteroatoms. The second-order valence-electron chi connectivity index (χ2n) is 13.7. The predicted octanol–water partition coefficient (Wildman–Crippen LogP) is 12.7. The molecule has 0 bridgehead atoms. The van der Waals surface area contributed by atoms with E-state index < -0.39 is 6.04 Å². The number of hydrogen-bond acceptors (Lipinski definition) is 3.